The van der Waals surface area contributed by atoms with Crippen LogP contribution in [0.25, 0.3) is 6.08 Å². The Morgan fingerprint density at radius 1 is 0.812 bits per heavy atom. The molecular formula is C62H67F2N7O9. The number of amides is 8. The van der Waals surface area contributed by atoms with Crippen molar-refractivity contribution in [2.24, 2.45) is 5.73 Å². The van der Waals surface area contributed by atoms with E-state index in [4.69, 9.17) is 5.73 Å². The summed E-state index contributed by atoms with van der Waals surface area (Å²) in [6, 6.07) is 24.7. The molecule has 4 aromatic rings. The molecular weight excluding hydrogens is 1020 g/mol. The zero-order valence-electron chi connectivity index (χ0n) is 44.7. The van der Waals surface area contributed by atoms with Gasteiger partial charge in [0.2, 0.25) is 41.4 Å². The van der Waals surface area contributed by atoms with E-state index in [9.17, 15) is 51.9 Å². The molecule has 6 atom stereocenters. The van der Waals surface area contributed by atoms with Crippen molar-refractivity contribution in [3.63, 3.8) is 0 Å². The summed E-state index contributed by atoms with van der Waals surface area (Å²) in [6.07, 6.45) is 6.87. The Hall–Kier alpha value is -8.33. The Balaban J connectivity index is 0.914. The number of imide groups is 1. The molecule has 16 nitrogen and oxygen atoms in total. The number of fused-ring (bicyclic) bond motifs is 2. The highest BCUT2D eigenvalue weighted by Gasteiger charge is 2.46. The van der Waals surface area contributed by atoms with Gasteiger partial charge in [0.05, 0.1) is 6.04 Å². The van der Waals surface area contributed by atoms with Crippen LogP contribution >= 0.6 is 0 Å². The number of nitrogens with zero attached hydrogens (tertiary/aromatic N) is 2. The second-order valence-electron chi connectivity index (χ2n) is 21.2. The van der Waals surface area contributed by atoms with Gasteiger partial charge in [0.15, 0.2) is 5.78 Å². The molecule has 418 valence electrons. The summed E-state index contributed by atoms with van der Waals surface area (Å²) in [5.41, 5.74) is 9.54. The van der Waals surface area contributed by atoms with Crippen LogP contribution in [0.4, 0.5) is 8.78 Å². The van der Waals surface area contributed by atoms with Gasteiger partial charge in [-0.25, -0.2) is 8.78 Å². The first-order valence-electron chi connectivity index (χ1n) is 27.5. The van der Waals surface area contributed by atoms with Crippen LogP contribution in [-0.4, -0.2) is 99.1 Å². The van der Waals surface area contributed by atoms with Crippen LogP contribution in [0.1, 0.15) is 153 Å². The Kier molecular flexibility index (Phi) is 19.2. The average molecular weight is 1090 g/mol. The fourth-order valence-electron chi connectivity index (χ4n) is 11.2. The Labute approximate surface area is 464 Å². The van der Waals surface area contributed by atoms with Crippen LogP contribution in [0.15, 0.2) is 109 Å². The van der Waals surface area contributed by atoms with Gasteiger partial charge in [-0.05, 0) is 98.2 Å². The summed E-state index contributed by atoms with van der Waals surface area (Å²) in [7, 11) is 0. The van der Waals surface area contributed by atoms with Gasteiger partial charge in [-0.3, -0.25) is 48.5 Å². The Morgan fingerprint density at radius 2 is 1.52 bits per heavy atom. The molecule has 0 radical (unpaired) electrons. The lowest BCUT2D eigenvalue weighted by molar-refractivity contribution is -0.144. The smallest absolute Gasteiger partial charge is 0.270 e. The molecule has 8 rings (SSSR count). The predicted octanol–water partition coefficient (Wildman–Crippen LogP) is 6.63. The number of piperidine rings is 1. The van der Waals surface area contributed by atoms with E-state index in [1.165, 1.54) is 46.2 Å². The molecule has 4 aromatic carbocycles. The second kappa shape index (κ2) is 26.5. The van der Waals surface area contributed by atoms with Gasteiger partial charge >= 0.3 is 0 Å². The largest absolute Gasteiger partial charge is 0.370 e. The number of carbonyl (C=O) groups is 9. The van der Waals surface area contributed by atoms with Gasteiger partial charge in [-0.1, -0.05) is 109 Å². The minimum Gasteiger partial charge on any atom is -0.370 e. The Morgan fingerprint density at radius 3 is 2.20 bits per heavy atom. The molecule has 0 spiro atoms. The molecule has 1 unspecified atom stereocenters. The van der Waals surface area contributed by atoms with E-state index in [1.807, 2.05) is 66.7 Å². The van der Waals surface area contributed by atoms with Gasteiger partial charge in [-0.2, -0.15) is 0 Å². The molecule has 4 aliphatic heterocycles. The minimum absolute atomic E-state index is 0.00412. The number of alkyl halides is 2. The zero-order chi connectivity index (χ0) is 56.9. The molecule has 0 aromatic heterocycles. The Bertz CT molecular complexity index is 3020. The van der Waals surface area contributed by atoms with Crippen molar-refractivity contribution in [1.29, 1.82) is 0 Å². The van der Waals surface area contributed by atoms with Crippen molar-refractivity contribution in [2.75, 3.05) is 0 Å². The quantitative estimate of drug-likeness (QED) is 0.0260. The van der Waals surface area contributed by atoms with E-state index in [0.29, 0.717) is 61.6 Å². The van der Waals surface area contributed by atoms with Crippen molar-refractivity contribution in [3.8, 4) is 11.8 Å². The summed E-state index contributed by atoms with van der Waals surface area (Å²) in [6.45, 7) is 1.01. The molecule has 4 aliphatic rings. The maximum Gasteiger partial charge on any atom is 0.270 e. The molecule has 0 bridgehead atoms. The molecule has 80 heavy (non-hydrogen) atoms. The molecule has 0 aliphatic carbocycles. The lowest BCUT2D eigenvalue weighted by atomic mass is 9.85. The number of nitrogens with one attached hydrogen (secondary N) is 4. The van der Waals surface area contributed by atoms with Gasteiger partial charge in [0.1, 0.15) is 18.1 Å². The third-order valence-electron chi connectivity index (χ3n) is 15.4. The number of rotatable bonds is 21. The summed E-state index contributed by atoms with van der Waals surface area (Å²) in [5.74, 6) is -1.09. The first-order chi connectivity index (χ1) is 38.4. The van der Waals surface area contributed by atoms with Crippen molar-refractivity contribution >= 4 is 59.1 Å². The number of hydrogen-bond donors (Lipinski definition) is 5. The molecule has 6 N–H and O–H groups in total. The maximum absolute atomic E-state index is 14.7. The summed E-state index contributed by atoms with van der Waals surface area (Å²) < 4.78 is 27.8. The van der Waals surface area contributed by atoms with Crippen LogP contribution < -0.4 is 27.0 Å². The van der Waals surface area contributed by atoms with Crippen LogP contribution in [0.2, 0.25) is 0 Å². The number of unbranched alkanes of at least 4 members (excludes halogenated alkanes) is 3. The van der Waals surface area contributed by atoms with Gasteiger partial charge < -0.3 is 31.5 Å². The lowest BCUT2D eigenvalue weighted by Gasteiger charge is -2.38. The highest BCUT2D eigenvalue weighted by Crippen LogP contribution is 2.34. The van der Waals surface area contributed by atoms with Crippen molar-refractivity contribution < 1.29 is 51.9 Å². The number of nitrogens with two attached hydrogens (primary N) is 1. The predicted molar refractivity (Wildman–Crippen MR) is 294 cm³/mol. The van der Waals surface area contributed by atoms with E-state index in [0.717, 1.165) is 23.6 Å². The standard InChI is InChI=1S/C62H67F2N7O9/c1-62(63,64)43-25-22-39(23-26-43)24-34-56(75)67-50-29-27-44(66-55(74)21-12-4-2-3-7-18-42-19-13-20-46-48(42)38-70(60(46)79)51-32-35-57(76)69-58(51)77)36-45-28-31-52(71(45)61(50)80)59(78)68-49(30-33-54(65)73)53(72)37-47(40-14-8-5-9-15-40)41-16-10-6-11-17-41/h5-6,8-11,13-17,19-20,22-26,34,44-45,47,49-52H,2-4,12,21,27-33,35-38H2,1H3,(H2,65,73)(H,66,74)(H,67,75)(H,68,78)(H,69,76,77)/b34-24+/t44-,45-,49+,50+,51?,52+/m1/s1. The first-order valence-corrected chi connectivity index (χ1v) is 27.5. The van der Waals surface area contributed by atoms with Crippen LogP contribution in [0.5, 0.6) is 0 Å². The number of carbonyl (C=O) groups excluding carboxylic acids is 9. The zero-order valence-corrected chi connectivity index (χ0v) is 44.7. The van der Waals surface area contributed by atoms with E-state index < -0.39 is 71.7 Å². The summed E-state index contributed by atoms with van der Waals surface area (Å²) >= 11 is 0. The number of halogens is 2. The van der Waals surface area contributed by atoms with E-state index >= 15 is 0 Å². The third kappa shape index (κ3) is 14.9. The number of benzene rings is 4. The van der Waals surface area contributed by atoms with Gasteiger partial charge in [0, 0.05) is 86.3 Å². The van der Waals surface area contributed by atoms with Crippen molar-refractivity contribution in [1.82, 2.24) is 31.1 Å². The number of primary amides is 1. The van der Waals surface area contributed by atoms with Gasteiger partial charge in [-0.15, -0.1) is 0 Å². The third-order valence-corrected chi connectivity index (χ3v) is 15.4. The van der Waals surface area contributed by atoms with E-state index in [1.54, 1.807) is 12.1 Å². The molecule has 0 saturated carbocycles. The average Bonchev–Trinajstić information content (AvgIpc) is 4.11. The van der Waals surface area contributed by atoms with Crippen LogP contribution in [0.3, 0.4) is 0 Å². The second-order valence-corrected chi connectivity index (χ2v) is 21.2. The van der Waals surface area contributed by atoms with Crippen molar-refractivity contribution in [2.45, 2.75) is 158 Å². The highest BCUT2D eigenvalue weighted by molar-refractivity contribution is 6.06. The van der Waals surface area contributed by atoms with E-state index in [2.05, 4.69) is 33.1 Å². The normalized spacial score (nSPS) is 20.4. The highest BCUT2D eigenvalue weighted by atomic mass is 19.3. The number of hydrogen-bond acceptors (Lipinski definition) is 9. The fourth-order valence-corrected chi connectivity index (χ4v) is 11.2. The molecule has 4 heterocycles. The number of Topliss-reactive ketones (excluding diaryl/α,β-unsaturated/α-hetero) is 1. The molecule has 3 fully saturated rings. The molecule has 18 heteroatoms. The summed E-state index contributed by atoms with van der Waals surface area (Å²) in [5, 5.41) is 11.2. The SMILES string of the molecule is CC(F)(F)c1ccc(/C=C/C(=O)N[C@H]2CC[C@@H](NC(=O)CCCCCC#Cc3cccc4c3CN(C3CCC(=O)NC3=O)C4=O)C[C@H]3CC[C@@H](C(=O)N[C@@H](CCC(N)=O)C(=O)CC(c4ccccc4)c4ccccc4)N3C2=O)cc1. The lowest BCUT2D eigenvalue weighted by Crippen LogP contribution is -2.59. The minimum atomic E-state index is -3.05. The molecule has 3 saturated heterocycles. The summed E-state index contributed by atoms with van der Waals surface area (Å²) in [4.78, 5) is 123. The van der Waals surface area contributed by atoms with Crippen LogP contribution in [0, 0.1) is 11.8 Å². The number of ketones is 1. The topological polar surface area (TPSA) is 234 Å². The monoisotopic (exact) mass is 1090 g/mol. The fraction of sp³-hybridized carbons (Fsp3) is 0.403. The molecule has 8 amide bonds. The van der Waals surface area contributed by atoms with E-state index in [-0.39, 0.29) is 92.9 Å². The van der Waals surface area contributed by atoms with Gasteiger partial charge in [0.25, 0.3) is 11.8 Å². The first kappa shape index (κ1) is 57.8. The van der Waals surface area contributed by atoms with Crippen LogP contribution in [-0.2, 0) is 50.8 Å². The van der Waals surface area contributed by atoms with Crippen molar-refractivity contribution in [3.05, 3.63) is 148 Å². The maximum atomic E-state index is 14.7.